The van der Waals surface area contributed by atoms with Crippen LogP contribution in [0.2, 0.25) is 0 Å². The molecule has 0 unspecified atom stereocenters. The van der Waals surface area contributed by atoms with E-state index in [4.69, 9.17) is 10.8 Å². The molecule has 1 aromatic rings. The monoisotopic (exact) mass is 191 g/mol. The molecule has 0 aliphatic carbocycles. The van der Waals surface area contributed by atoms with Crippen LogP contribution < -0.4 is 5.73 Å². The van der Waals surface area contributed by atoms with Crippen molar-refractivity contribution < 1.29 is 18.7 Å². The zero-order chi connectivity index (χ0) is 10.2. The first kappa shape index (κ1) is 9.43. The number of rotatable bonds is 2. The van der Waals surface area contributed by atoms with Crippen LogP contribution in [-0.4, -0.2) is 20.9 Å². The number of hydrogen-bond donors (Lipinski definition) is 2. The predicted octanol–water partition coefficient (Wildman–Crippen LogP) is 0.638. The minimum Gasteiger partial charge on any atom is -0.477 e. The van der Waals surface area contributed by atoms with Crippen molar-refractivity contribution in [3.8, 4) is 0 Å². The van der Waals surface area contributed by atoms with E-state index in [0.717, 1.165) is 4.68 Å². The number of carboxylic acid groups (broad SMARTS) is 1. The second kappa shape index (κ2) is 3.00. The number of nitrogens with two attached hydrogens (primary N) is 1. The van der Waals surface area contributed by atoms with Gasteiger partial charge in [0, 0.05) is 7.05 Å². The van der Waals surface area contributed by atoms with Crippen molar-refractivity contribution in [1.29, 1.82) is 0 Å². The Balaban J connectivity index is 3.35. The summed E-state index contributed by atoms with van der Waals surface area (Å²) in [5.41, 5.74) is 3.80. The van der Waals surface area contributed by atoms with Gasteiger partial charge in [0.05, 0.1) is 0 Å². The molecular weight excluding hydrogens is 184 g/mol. The first-order valence-electron chi connectivity index (χ1n) is 3.29. The van der Waals surface area contributed by atoms with Crippen LogP contribution in [0, 0.1) is 0 Å². The van der Waals surface area contributed by atoms with Gasteiger partial charge in [-0.15, -0.1) is 0 Å². The smallest absolute Gasteiger partial charge is 0.341 e. The number of aryl methyl sites for hydroxylation is 1. The molecule has 5 nitrogen and oxygen atoms in total. The van der Waals surface area contributed by atoms with Crippen LogP contribution in [0.3, 0.4) is 0 Å². The summed E-state index contributed by atoms with van der Waals surface area (Å²) in [6, 6.07) is 0. The summed E-state index contributed by atoms with van der Waals surface area (Å²) in [7, 11) is 1.30. The van der Waals surface area contributed by atoms with Gasteiger partial charge < -0.3 is 10.8 Å². The van der Waals surface area contributed by atoms with Crippen LogP contribution in [0.5, 0.6) is 0 Å². The van der Waals surface area contributed by atoms with E-state index in [1.807, 2.05) is 0 Å². The molecule has 0 spiro atoms. The normalized spacial score (nSPS) is 10.8. The SMILES string of the molecule is Cn1nc(C(F)F)c(C(=O)O)c1N. The second-order valence-corrected chi connectivity index (χ2v) is 2.37. The highest BCUT2D eigenvalue weighted by Crippen LogP contribution is 2.25. The van der Waals surface area contributed by atoms with E-state index in [1.54, 1.807) is 0 Å². The van der Waals surface area contributed by atoms with E-state index in [1.165, 1.54) is 7.05 Å². The van der Waals surface area contributed by atoms with Crippen LogP contribution in [-0.2, 0) is 7.05 Å². The molecule has 0 atom stereocenters. The first-order valence-corrected chi connectivity index (χ1v) is 3.29. The molecular formula is C6H7F2N3O2. The van der Waals surface area contributed by atoms with Crippen molar-refractivity contribution in [2.45, 2.75) is 6.43 Å². The van der Waals surface area contributed by atoms with Gasteiger partial charge in [0.2, 0.25) is 0 Å². The molecule has 7 heteroatoms. The van der Waals surface area contributed by atoms with Gasteiger partial charge >= 0.3 is 5.97 Å². The number of alkyl halides is 2. The molecule has 0 saturated carbocycles. The van der Waals surface area contributed by atoms with Crippen molar-refractivity contribution in [2.24, 2.45) is 7.05 Å². The van der Waals surface area contributed by atoms with E-state index in [2.05, 4.69) is 5.10 Å². The highest BCUT2D eigenvalue weighted by Gasteiger charge is 2.26. The van der Waals surface area contributed by atoms with E-state index in [9.17, 15) is 13.6 Å². The molecule has 0 radical (unpaired) electrons. The van der Waals surface area contributed by atoms with Gasteiger partial charge in [-0.25, -0.2) is 13.6 Å². The number of nitrogens with zero attached hydrogens (tertiary/aromatic N) is 2. The van der Waals surface area contributed by atoms with E-state index in [-0.39, 0.29) is 5.82 Å². The standard InChI is InChI=1S/C6H7F2N3O2/c1-11-5(9)2(6(12)13)3(10-11)4(7)8/h4H,9H2,1H3,(H,12,13). The first-order chi connectivity index (χ1) is 5.95. The van der Waals surface area contributed by atoms with Gasteiger partial charge in [0.1, 0.15) is 17.1 Å². The Morgan fingerprint density at radius 2 is 2.23 bits per heavy atom. The van der Waals surface area contributed by atoms with Crippen LogP contribution in [0.4, 0.5) is 14.6 Å². The number of carboxylic acids is 1. The molecule has 13 heavy (non-hydrogen) atoms. The fourth-order valence-electron chi connectivity index (χ4n) is 0.930. The second-order valence-electron chi connectivity index (χ2n) is 2.37. The predicted molar refractivity (Wildman–Crippen MR) is 39.5 cm³/mol. The lowest BCUT2D eigenvalue weighted by atomic mass is 10.2. The Hall–Kier alpha value is -1.66. The summed E-state index contributed by atoms with van der Waals surface area (Å²) in [4.78, 5) is 10.5. The van der Waals surface area contributed by atoms with Gasteiger partial charge in [-0.2, -0.15) is 5.10 Å². The fourth-order valence-corrected chi connectivity index (χ4v) is 0.930. The fraction of sp³-hybridized carbons (Fsp3) is 0.333. The van der Waals surface area contributed by atoms with Crippen LogP contribution >= 0.6 is 0 Å². The number of anilines is 1. The van der Waals surface area contributed by atoms with Crippen molar-refractivity contribution >= 4 is 11.8 Å². The molecule has 0 bridgehead atoms. The number of aromatic carboxylic acids is 1. The average molecular weight is 191 g/mol. The largest absolute Gasteiger partial charge is 0.477 e. The van der Waals surface area contributed by atoms with Gasteiger partial charge in [-0.1, -0.05) is 0 Å². The van der Waals surface area contributed by atoms with Crippen molar-refractivity contribution in [2.75, 3.05) is 5.73 Å². The van der Waals surface area contributed by atoms with Crippen LogP contribution in [0.15, 0.2) is 0 Å². The average Bonchev–Trinajstić information content (AvgIpc) is 2.28. The van der Waals surface area contributed by atoms with E-state index in [0.29, 0.717) is 0 Å². The van der Waals surface area contributed by atoms with E-state index >= 15 is 0 Å². The lowest BCUT2D eigenvalue weighted by molar-refractivity contribution is 0.0685. The zero-order valence-electron chi connectivity index (χ0n) is 6.66. The van der Waals surface area contributed by atoms with Crippen LogP contribution in [0.1, 0.15) is 22.5 Å². The topological polar surface area (TPSA) is 81.1 Å². The summed E-state index contributed by atoms with van der Waals surface area (Å²) in [6.07, 6.45) is -2.94. The Morgan fingerprint density at radius 3 is 2.54 bits per heavy atom. The molecule has 1 aromatic heterocycles. The number of nitrogen functional groups attached to an aromatic ring is 1. The van der Waals surface area contributed by atoms with Gasteiger partial charge in [0.25, 0.3) is 6.43 Å². The van der Waals surface area contributed by atoms with Crippen molar-refractivity contribution in [3.63, 3.8) is 0 Å². The van der Waals surface area contributed by atoms with Crippen molar-refractivity contribution in [1.82, 2.24) is 9.78 Å². The lowest BCUT2D eigenvalue weighted by Gasteiger charge is -1.95. The summed E-state index contributed by atoms with van der Waals surface area (Å²) in [5.74, 6) is -1.77. The quantitative estimate of drug-likeness (QED) is 0.718. The maximum atomic E-state index is 12.2. The minimum atomic E-state index is -2.94. The molecule has 72 valence electrons. The summed E-state index contributed by atoms with van der Waals surface area (Å²) >= 11 is 0. The third-order valence-electron chi connectivity index (χ3n) is 1.54. The van der Waals surface area contributed by atoms with Gasteiger partial charge in [-0.3, -0.25) is 4.68 Å². The number of hydrogen-bond acceptors (Lipinski definition) is 3. The summed E-state index contributed by atoms with van der Waals surface area (Å²) in [6.45, 7) is 0. The van der Waals surface area contributed by atoms with Crippen molar-refractivity contribution in [3.05, 3.63) is 11.3 Å². The third kappa shape index (κ3) is 1.44. The number of aromatic nitrogens is 2. The minimum absolute atomic E-state index is 0.275. The Bertz CT molecular complexity index is 348. The zero-order valence-corrected chi connectivity index (χ0v) is 6.66. The summed E-state index contributed by atoms with van der Waals surface area (Å²) < 4.78 is 25.3. The Labute approximate surface area is 71.8 Å². The molecule has 0 saturated heterocycles. The highest BCUT2D eigenvalue weighted by molar-refractivity contribution is 5.94. The number of halogens is 2. The molecule has 0 aliphatic rings. The molecule has 0 aliphatic heterocycles. The van der Waals surface area contributed by atoms with E-state index < -0.39 is 23.7 Å². The molecule has 3 N–H and O–H groups in total. The van der Waals surface area contributed by atoms with Gasteiger partial charge in [0.15, 0.2) is 0 Å². The Kier molecular flexibility index (Phi) is 2.18. The molecule has 0 fully saturated rings. The highest BCUT2D eigenvalue weighted by atomic mass is 19.3. The molecule has 1 rings (SSSR count). The van der Waals surface area contributed by atoms with Gasteiger partial charge in [-0.05, 0) is 0 Å². The molecule has 1 heterocycles. The van der Waals surface area contributed by atoms with Crippen LogP contribution in [0.25, 0.3) is 0 Å². The molecule has 0 amide bonds. The number of carbonyl (C=O) groups is 1. The summed E-state index contributed by atoms with van der Waals surface area (Å²) in [5, 5.41) is 11.8. The lowest BCUT2D eigenvalue weighted by Crippen LogP contribution is -2.05. The maximum absolute atomic E-state index is 12.2. The maximum Gasteiger partial charge on any atom is 0.341 e. The third-order valence-corrected chi connectivity index (χ3v) is 1.54. The Morgan fingerprint density at radius 1 is 1.69 bits per heavy atom. The molecule has 0 aromatic carbocycles.